The third-order valence-electron chi connectivity index (χ3n) is 5.60. The first kappa shape index (κ1) is 22.9. The molecule has 1 saturated heterocycles. The van der Waals surface area contributed by atoms with Crippen LogP contribution in [0.5, 0.6) is 5.75 Å². The van der Waals surface area contributed by atoms with Crippen molar-refractivity contribution in [2.75, 3.05) is 37.5 Å². The Morgan fingerprint density at radius 2 is 1.75 bits per heavy atom. The fourth-order valence-corrected chi connectivity index (χ4v) is 4.98. The fraction of sp³-hybridized carbons (Fsp3) is 0.435. The molecule has 0 N–H and O–H groups in total. The van der Waals surface area contributed by atoms with Crippen molar-refractivity contribution >= 4 is 33.0 Å². The smallest absolute Gasteiger partial charge is 0.258 e. The lowest BCUT2D eigenvalue weighted by atomic mass is 10.1. The highest BCUT2D eigenvalue weighted by atomic mass is 35.5. The van der Waals surface area contributed by atoms with Crippen molar-refractivity contribution in [2.45, 2.75) is 37.9 Å². The number of carbonyl (C=O) groups is 1. The summed E-state index contributed by atoms with van der Waals surface area (Å²) in [6.07, 6.45) is 0.969. The Morgan fingerprint density at radius 3 is 2.38 bits per heavy atom. The number of morpholine rings is 1. The third-order valence-corrected chi connectivity index (χ3v) is 7.02. The number of carbonyl (C=O) groups excluding carboxylic acids is 1. The van der Waals surface area contributed by atoms with E-state index < -0.39 is 9.84 Å². The molecule has 0 atom stereocenters. The molecule has 9 heteroatoms. The Kier molecular flexibility index (Phi) is 6.38. The maximum absolute atomic E-state index is 13.5. The highest BCUT2D eigenvalue weighted by Crippen LogP contribution is 2.36. The largest absolute Gasteiger partial charge is 0.490 e. The van der Waals surface area contributed by atoms with Crippen molar-refractivity contribution in [1.29, 1.82) is 0 Å². The van der Waals surface area contributed by atoms with Crippen LogP contribution in [0.4, 0.5) is 5.69 Å². The Bertz CT molecular complexity index is 1140. The molecule has 2 heterocycles. The monoisotopic (exact) mass is 478 g/mol. The molecule has 2 aromatic carbocycles. The van der Waals surface area contributed by atoms with Crippen molar-refractivity contribution in [3.63, 3.8) is 0 Å². The van der Waals surface area contributed by atoms with Gasteiger partial charge in [0.05, 0.1) is 40.5 Å². The van der Waals surface area contributed by atoms with Gasteiger partial charge in [-0.15, -0.1) is 0 Å². The first-order valence-electron chi connectivity index (χ1n) is 10.6. The van der Waals surface area contributed by atoms with Gasteiger partial charge in [0, 0.05) is 32.4 Å². The average Bonchev–Trinajstić information content (AvgIpc) is 3.15. The predicted molar refractivity (Wildman–Crippen MR) is 123 cm³/mol. The SMILES string of the molecule is CC(C)Oc1ccc(S(C)(=O)=O)cc1C(=O)N1Cc2cc(Cl)c(N3CCOCC3)cc2C1. The number of hydrogen-bond acceptors (Lipinski definition) is 6. The molecule has 1 amide bonds. The number of halogens is 1. The van der Waals surface area contributed by atoms with E-state index in [1.807, 2.05) is 19.9 Å². The van der Waals surface area contributed by atoms with Crippen LogP contribution in [0.25, 0.3) is 0 Å². The molecule has 7 nitrogen and oxygen atoms in total. The quantitative estimate of drug-likeness (QED) is 0.654. The Morgan fingerprint density at radius 1 is 1.09 bits per heavy atom. The third kappa shape index (κ3) is 4.72. The molecular weight excluding hydrogens is 452 g/mol. The summed E-state index contributed by atoms with van der Waals surface area (Å²) in [4.78, 5) is 17.4. The lowest BCUT2D eigenvalue weighted by Crippen LogP contribution is -2.36. The Balaban J connectivity index is 1.63. The Labute approximate surface area is 193 Å². The van der Waals surface area contributed by atoms with Crippen molar-refractivity contribution in [3.8, 4) is 5.75 Å². The highest BCUT2D eigenvalue weighted by molar-refractivity contribution is 7.90. The number of fused-ring (bicyclic) bond motifs is 1. The van der Waals surface area contributed by atoms with E-state index in [0.717, 1.165) is 36.2 Å². The van der Waals surface area contributed by atoms with Crippen LogP contribution in [0.2, 0.25) is 5.02 Å². The number of anilines is 1. The van der Waals surface area contributed by atoms with Gasteiger partial charge in [0.25, 0.3) is 5.91 Å². The molecule has 2 aliphatic rings. The summed E-state index contributed by atoms with van der Waals surface area (Å²) in [5.74, 6) is 0.104. The van der Waals surface area contributed by atoms with Crippen molar-refractivity contribution < 1.29 is 22.7 Å². The van der Waals surface area contributed by atoms with Crippen LogP contribution in [-0.4, -0.2) is 57.9 Å². The van der Waals surface area contributed by atoms with Gasteiger partial charge in [-0.1, -0.05) is 11.6 Å². The van der Waals surface area contributed by atoms with E-state index >= 15 is 0 Å². The van der Waals surface area contributed by atoms with Gasteiger partial charge in [-0.05, 0) is 55.3 Å². The summed E-state index contributed by atoms with van der Waals surface area (Å²) < 4.78 is 35.4. The molecule has 0 aromatic heterocycles. The number of hydrogen-bond donors (Lipinski definition) is 0. The van der Waals surface area contributed by atoms with Gasteiger partial charge in [-0.25, -0.2) is 8.42 Å². The zero-order chi connectivity index (χ0) is 23.0. The predicted octanol–water partition coefficient (Wildman–Crippen LogP) is 3.52. The first-order chi connectivity index (χ1) is 15.1. The minimum atomic E-state index is -3.46. The van der Waals surface area contributed by atoms with Gasteiger partial charge in [0.2, 0.25) is 0 Å². The number of amides is 1. The average molecular weight is 479 g/mol. The molecule has 1 fully saturated rings. The summed E-state index contributed by atoms with van der Waals surface area (Å²) in [7, 11) is -3.46. The van der Waals surface area contributed by atoms with E-state index in [1.54, 1.807) is 11.0 Å². The van der Waals surface area contributed by atoms with E-state index in [4.69, 9.17) is 21.1 Å². The normalized spacial score (nSPS) is 16.4. The number of nitrogens with zero attached hydrogens (tertiary/aromatic N) is 2. The number of rotatable bonds is 5. The first-order valence-corrected chi connectivity index (χ1v) is 12.8. The van der Waals surface area contributed by atoms with E-state index in [2.05, 4.69) is 11.0 Å². The summed E-state index contributed by atoms with van der Waals surface area (Å²) >= 11 is 6.57. The van der Waals surface area contributed by atoms with Crippen molar-refractivity contribution in [3.05, 3.63) is 52.0 Å². The lowest BCUT2D eigenvalue weighted by molar-refractivity contribution is 0.0745. The molecule has 0 radical (unpaired) electrons. The van der Waals surface area contributed by atoms with E-state index in [0.29, 0.717) is 37.1 Å². The minimum Gasteiger partial charge on any atom is -0.490 e. The molecule has 0 saturated carbocycles. The molecule has 0 spiro atoms. The van der Waals surface area contributed by atoms with Crippen LogP contribution in [-0.2, 0) is 27.7 Å². The molecule has 0 unspecified atom stereocenters. The van der Waals surface area contributed by atoms with E-state index in [-0.39, 0.29) is 22.5 Å². The summed E-state index contributed by atoms with van der Waals surface area (Å²) in [5.41, 5.74) is 3.22. The van der Waals surface area contributed by atoms with Crippen LogP contribution in [0.1, 0.15) is 35.3 Å². The van der Waals surface area contributed by atoms with Gasteiger partial charge in [-0.3, -0.25) is 4.79 Å². The summed E-state index contributed by atoms with van der Waals surface area (Å²) in [6, 6.07) is 8.41. The van der Waals surface area contributed by atoms with E-state index in [1.165, 1.54) is 12.1 Å². The van der Waals surface area contributed by atoms with Gasteiger partial charge in [0.1, 0.15) is 5.75 Å². The number of sulfone groups is 1. The van der Waals surface area contributed by atoms with Crippen LogP contribution in [0.3, 0.4) is 0 Å². The minimum absolute atomic E-state index is 0.0892. The standard InChI is InChI=1S/C23H27ClN2O5S/c1-15(2)31-22-5-4-18(32(3,28)29)12-19(22)23(27)26-13-16-10-20(24)21(11-17(16)14-26)25-6-8-30-9-7-25/h4-5,10-12,15H,6-9,13-14H2,1-3H3. The molecule has 0 aliphatic carbocycles. The Hall–Kier alpha value is -2.29. The van der Waals surface area contributed by atoms with E-state index in [9.17, 15) is 13.2 Å². The lowest BCUT2D eigenvalue weighted by Gasteiger charge is -2.30. The second-order valence-corrected chi connectivity index (χ2v) is 10.9. The molecule has 2 aromatic rings. The number of benzene rings is 2. The zero-order valence-electron chi connectivity index (χ0n) is 18.4. The van der Waals surface area contributed by atoms with Crippen molar-refractivity contribution in [1.82, 2.24) is 4.90 Å². The fourth-order valence-electron chi connectivity index (χ4n) is 4.03. The van der Waals surface area contributed by atoms with Crippen LogP contribution in [0.15, 0.2) is 35.2 Å². The van der Waals surface area contributed by atoms with Gasteiger partial charge in [-0.2, -0.15) is 0 Å². The molecular formula is C23H27ClN2O5S. The molecule has 2 aliphatic heterocycles. The zero-order valence-corrected chi connectivity index (χ0v) is 20.0. The second kappa shape index (κ2) is 8.92. The maximum atomic E-state index is 13.5. The molecule has 172 valence electrons. The number of ether oxygens (including phenoxy) is 2. The molecule has 32 heavy (non-hydrogen) atoms. The second-order valence-electron chi connectivity index (χ2n) is 8.43. The van der Waals surface area contributed by atoms with Crippen LogP contribution >= 0.6 is 11.6 Å². The van der Waals surface area contributed by atoms with Gasteiger partial charge in [0.15, 0.2) is 9.84 Å². The molecule has 0 bridgehead atoms. The highest BCUT2D eigenvalue weighted by Gasteiger charge is 2.29. The van der Waals surface area contributed by atoms with Crippen molar-refractivity contribution in [2.24, 2.45) is 0 Å². The van der Waals surface area contributed by atoms with Crippen LogP contribution in [0, 0.1) is 0 Å². The maximum Gasteiger partial charge on any atom is 0.258 e. The summed E-state index contributed by atoms with van der Waals surface area (Å²) in [6.45, 7) is 7.42. The topological polar surface area (TPSA) is 76.2 Å². The molecule has 4 rings (SSSR count). The van der Waals surface area contributed by atoms with Gasteiger partial charge >= 0.3 is 0 Å². The van der Waals surface area contributed by atoms with Gasteiger partial charge < -0.3 is 19.3 Å². The van der Waals surface area contributed by atoms with Crippen LogP contribution < -0.4 is 9.64 Å². The summed E-state index contributed by atoms with van der Waals surface area (Å²) in [5, 5.41) is 0.655.